The van der Waals surface area contributed by atoms with E-state index in [-0.39, 0.29) is 0 Å². The van der Waals surface area contributed by atoms with Crippen LogP contribution < -0.4 is 0 Å². The number of benzene rings is 3. The van der Waals surface area contributed by atoms with Crippen LogP contribution in [-0.4, -0.2) is 4.98 Å². The molecule has 3 aromatic carbocycles. The number of hydrogen-bond acceptors (Lipinski definition) is 1. The van der Waals surface area contributed by atoms with Gasteiger partial charge in [-0.2, -0.15) is 0 Å². The molecule has 0 atom stereocenters. The van der Waals surface area contributed by atoms with Crippen molar-refractivity contribution in [2.24, 2.45) is 0 Å². The Labute approximate surface area is 141 Å². The van der Waals surface area contributed by atoms with Crippen LogP contribution in [0.3, 0.4) is 0 Å². The molecule has 1 heterocycles. The van der Waals surface area contributed by atoms with Crippen molar-refractivity contribution in [3.05, 3.63) is 101 Å². The molecule has 1 aromatic heterocycles. The molecular weight excluding hydrogens is 290 g/mol. The highest BCUT2D eigenvalue weighted by Crippen LogP contribution is 2.37. The van der Waals surface area contributed by atoms with Crippen molar-refractivity contribution in [3.63, 3.8) is 0 Å². The molecule has 24 heavy (non-hydrogen) atoms. The molecule has 0 N–H and O–H groups in total. The van der Waals surface area contributed by atoms with Gasteiger partial charge in [0.1, 0.15) is 0 Å². The predicted octanol–water partition coefficient (Wildman–Crippen LogP) is 5.40. The highest BCUT2D eigenvalue weighted by atomic mass is 14.7. The minimum atomic E-state index is 0.927. The fraction of sp³-hybridized carbons (Fsp3) is 0.0870. The van der Waals surface area contributed by atoms with E-state index < -0.39 is 0 Å². The smallest absolute Gasteiger partial charge is 0.0711 e. The lowest BCUT2D eigenvalue weighted by Gasteiger charge is -2.23. The second-order valence-electron chi connectivity index (χ2n) is 6.42. The molecule has 114 valence electrons. The Kier molecular flexibility index (Phi) is 2.99. The quantitative estimate of drug-likeness (QED) is 0.404. The summed E-state index contributed by atoms with van der Waals surface area (Å²) in [7, 11) is 0. The molecule has 0 saturated carbocycles. The molecular formula is C23H17N. The van der Waals surface area contributed by atoms with E-state index in [1.807, 2.05) is 0 Å². The summed E-state index contributed by atoms with van der Waals surface area (Å²) in [6.07, 6.45) is 1.89. The van der Waals surface area contributed by atoms with E-state index in [1.54, 1.807) is 0 Å². The Morgan fingerprint density at radius 1 is 0.625 bits per heavy atom. The van der Waals surface area contributed by atoms with Crippen molar-refractivity contribution in [3.8, 4) is 11.1 Å². The standard InChI is InChI=1S/C23H17N/c1-2-8-16(9-3-1)23-19-12-6-7-13-21(19)24-22-15-18-11-5-4-10-17(18)14-20(22)23/h1-13H,14-15H2. The van der Waals surface area contributed by atoms with E-state index in [9.17, 15) is 0 Å². The van der Waals surface area contributed by atoms with Crippen LogP contribution in [-0.2, 0) is 12.8 Å². The van der Waals surface area contributed by atoms with Gasteiger partial charge in [0.05, 0.1) is 5.52 Å². The molecule has 5 rings (SSSR count). The van der Waals surface area contributed by atoms with Crippen molar-refractivity contribution in [1.82, 2.24) is 4.98 Å². The lowest BCUT2D eigenvalue weighted by Crippen LogP contribution is -2.11. The second-order valence-corrected chi connectivity index (χ2v) is 6.42. The fourth-order valence-electron chi connectivity index (χ4n) is 3.85. The molecule has 0 saturated heterocycles. The monoisotopic (exact) mass is 307 g/mol. The third-order valence-corrected chi connectivity index (χ3v) is 4.98. The second kappa shape index (κ2) is 5.31. The van der Waals surface area contributed by atoms with E-state index in [0.29, 0.717) is 0 Å². The molecule has 4 aromatic rings. The normalized spacial score (nSPS) is 12.7. The van der Waals surface area contributed by atoms with Gasteiger partial charge in [-0.05, 0) is 33.9 Å². The zero-order chi connectivity index (χ0) is 15.9. The van der Waals surface area contributed by atoms with Gasteiger partial charge in [0.2, 0.25) is 0 Å². The molecule has 1 aliphatic carbocycles. The van der Waals surface area contributed by atoms with Crippen LogP contribution >= 0.6 is 0 Å². The first kappa shape index (κ1) is 13.5. The minimum Gasteiger partial charge on any atom is -0.252 e. The SMILES string of the molecule is c1ccc(-c2c3c(nc4ccccc24)Cc2ccccc2C3)cc1. The van der Waals surface area contributed by atoms with Crippen LogP contribution in [0, 0.1) is 0 Å². The van der Waals surface area contributed by atoms with E-state index in [0.717, 1.165) is 18.4 Å². The van der Waals surface area contributed by atoms with Crippen molar-refractivity contribution < 1.29 is 0 Å². The Hall–Kier alpha value is -2.93. The summed E-state index contributed by atoms with van der Waals surface area (Å²) in [5, 5.41) is 1.25. The topological polar surface area (TPSA) is 12.9 Å². The zero-order valence-corrected chi connectivity index (χ0v) is 13.4. The number of fused-ring (bicyclic) bond motifs is 3. The van der Waals surface area contributed by atoms with Gasteiger partial charge in [-0.25, -0.2) is 0 Å². The van der Waals surface area contributed by atoms with Crippen molar-refractivity contribution in [2.45, 2.75) is 12.8 Å². The molecule has 0 spiro atoms. The van der Waals surface area contributed by atoms with Crippen molar-refractivity contribution >= 4 is 10.9 Å². The fourth-order valence-corrected chi connectivity index (χ4v) is 3.85. The minimum absolute atomic E-state index is 0.927. The van der Waals surface area contributed by atoms with Crippen LogP contribution in [0.1, 0.15) is 22.4 Å². The van der Waals surface area contributed by atoms with Crippen LogP contribution in [0.15, 0.2) is 78.9 Å². The Balaban J connectivity index is 1.84. The highest BCUT2D eigenvalue weighted by molar-refractivity contribution is 5.97. The molecule has 1 aliphatic rings. The summed E-state index contributed by atoms with van der Waals surface area (Å²) in [5.41, 5.74) is 9.18. The Morgan fingerprint density at radius 2 is 1.29 bits per heavy atom. The molecule has 0 amide bonds. The third-order valence-electron chi connectivity index (χ3n) is 4.98. The maximum absolute atomic E-state index is 5.00. The van der Waals surface area contributed by atoms with Crippen LogP contribution in [0.5, 0.6) is 0 Å². The number of rotatable bonds is 1. The van der Waals surface area contributed by atoms with Crippen molar-refractivity contribution in [2.75, 3.05) is 0 Å². The molecule has 1 nitrogen and oxygen atoms in total. The number of nitrogens with zero attached hydrogens (tertiary/aromatic N) is 1. The molecule has 0 bridgehead atoms. The number of para-hydroxylation sites is 1. The number of hydrogen-bond donors (Lipinski definition) is 0. The maximum Gasteiger partial charge on any atom is 0.0711 e. The Morgan fingerprint density at radius 3 is 2.12 bits per heavy atom. The molecule has 1 heteroatoms. The van der Waals surface area contributed by atoms with Gasteiger partial charge in [0.15, 0.2) is 0 Å². The number of aromatic nitrogens is 1. The first-order valence-corrected chi connectivity index (χ1v) is 8.43. The van der Waals surface area contributed by atoms with Crippen LogP contribution in [0.2, 0.25) is 0 Å². The first-order valence-electron chi connectivity index (χ1n) is 8.43. The predicted molar refractivity (Wildman–Crippen MR) is 99.2 cm³/mol. The molecule has 0 unspecified atom stereocenters. The van der Waals surface area contributed by atoms with Crippen LogP contribution in [0.4, 0.5) is 0 Å². The number of pyridine rings is 1. The van der Waals surface area contributed by atoms with Crippen molar-refractivity contribution in [1.29, 1.82) is 0 Å². The highest BCUT2D eigenvalue weighted by Gasteiger charge is 2.22. The van der Waals surface area contributed by atoms with Gasteiger partial charge in [-0.15, -0.1) is 0 Å². The zero-order valence-electron chi connectivity index (χ0n) is 13.4. The largest absolute Gasteiger partial charge is 0.252 e. The third kappa shape index (κ3) is 2.05. The summed E-state index contributed by atoms with van der Waals surface area (Å²) in [5.74, 6) is 0. The summed E-state index contributed by atoms with van der Waals surface area (Å²) in [6, 6.07) is 28.0. The molecule has 0 aliphatic heterocycles. The van der Waals surface area contributed by atoms with Gasteiger partial charge in [-0.1, -0.05) is 72.8 Å². The molecule has 0 radical (unpaired) electrons. The average Bonchev–Trinajstić information content (AvgIpc) is 2.65. The summed E-state index contributed by atoms with van der Waals surface area (Å²) < 4.78 is 0. The van der Waals surface area contributed by atoms with Gasteiger partial charge < -0.3 is 0 Å². The van der Waals surface area contributed by atoms with E-state index in [2.05, 4.69) is 78.9 Å². The van der Waals surface area contributed by atoms with E-state index in [4.69, 9.17) is 4.98 Å². The van der Waals surface area contributed by atoms with Gasteiger partial charge >= 0.3 is 0 Å². The van der Waals surface area contributed by atoms with Gasteiger partial charge in [-0.3, -0.25) is 4.98 Å². The average molecular weight is 307 g/mol. The summed E-state index contributed by atoms with van der Waals surface area (Å²) in [6.45, 7) is 0. The van der Waals surface area contributed by atoms with E-state index in [1.165, 1.54) is 38.9 Å². The van der Waals surface area contributed by atoms with Gasteiger partial charge in [0.25, 0.3) is 0 Å². The van der Waals surface area contributed by atoms with E-state index >= 15 is 0 Å². The summed E-state index contributed by atoms with van der Waals surface area (Å²) >= 11 is 0. The van der Waals surface area contributed by atoms with Gasteiger partial charge in [0, 0.05) is 23.9 Å². The summed E-state index contributed by atoms with van der Waals surface area (Å²) in [4.78, 5) is 5.00. The maximum atomic E-state index is 5.00. The lowest BCUT2D eigenvalue weighted by atomic mass is 9.83. The Bertz CT molecular complexity index is 1050. The molecule has 0 fully saturated rings. The first-order chi connectivity index (χ1) is 11.9. The lowest BCUT2D eigenvalue weighted by molar-refractivity contribution is 0.957. The van der Waals surface area contributed by atoms with Crippen LogP contribution in [0.25, 0.3) is 22.0 Å².